The average Bonchev–Trinajstić information content (AvgIpc) is 3.55. The summed E-state index contributed by atoms with van der Waals surface area (Å²) in [5.41, 5.74) is 0. The van der Waals surface area contributed by atoms with E-state index in [0.29, 0.717) is 13.2 Å². The van der Waals surface area contributed by atoms with Crippen molar-refractivity contribution in [1.29, 1.82) is 0 Å². The molecule has 6 atom stereocenters. The number of aliphatic hydroxyl groups is 1. The van der Waals surface area contributed by atoms with E-state index in [9.17, 15) is 19.5 Å². The zero-order valence-corrected chi connectivity index (χ0v) is 24.0. The van der Waals surface area contributed by atoms with Crippen molar-refractivity contribution in [3.63, 3.8) is 0 Å². The first-order valence-electron chi connectivity index (χ1n) is 14.6. The van der Waals surface area contributed by atoms with Crippen LogP contribution in [0.1, 0.15) is 78.1 Å². The van der Waals surface area contributed by atoms with Gasteiger partial charge in [-0.2, -0.15) is 0 Å². The summed E-state index contributed by atoms with van der Waals surface area (Å²) in [6.45, 7) is 12.2. The van der Waals surface area contributed by atoms with E-state index in [-0.39, 0.29) is 41.6 Å². The molecule has 3 aliphatic heterocycles. The molecule has 212 valence electrons. The molecule has 4 aliphatic rings. The van der Waals surface area contributed by atoms with Gasteiger partial charge in [-0.05, 0) is 50.9 Å². The highest BCUT2D eigenvalue weighted by atomic mass is 32.2. The van der Waals surface area contributed by atoms with Crippen molar-refractivity contribution in [3.8, 4) is 0 Å². The molecule has 4 rings (SSSR count). The normalized spacial score (nSPS) is 31.4. The molecule has 8 heteroatoms. The van der Waals surface area contributed by atoms with Gasteiger partial charge >= 0.3 is 5.97 Å². The second-order valence-corrected chi connectivity index (χ2v) is 13.4. The third kappa shape index (κ3) is 5.19. The molecular formula is C30H46N2O5S. The first kappa shape index (κ1) is 29.2. The number of hydrogen-bond donors (Lipinski definition) is 1. The van der Waals surface area contributed by atoms with Crippen LogP contribution in [-0.2, 0) is 19.1 Å². The Hall–Kier alpha value is -1.80. The van der Waals surface area contributed by atoms with Gasteiger partial charge in [0.25, 0.3) is 0 Å². The number of nitrogens with zero attached hydrogens (tertiary/aromatic N) is 2. The standard InChI is InChI=1S/C30H46N2O5S/c1-5-7-8-12-18-37-29(36)24-23-15-16-30(38-23)25(24)27(34)32(22(19-33)20(3)4)26(30)28(35)31(17-6-2)21-13-10-9-11-14-21/h5-6,20-26,33H,1-2,7-19H2,3-4H3/t22-,23-,24+,25-,26?,30?/m0/s1. The minimum absolute atomic E-state index is 0.0174. The van der Waals surface area contributed by atoms with E-state index in [1.54, 1.807) is 22.7 Å². The fraction of sp³-hybridized carbons (Fsp3) is 0.767. The van der Waals surface area contributed by atoms with E-state index < -0.39 is 28.7 Å². The van der Waals surface area contributed by atoms with E-state index in [1.807, 2.05) is 24.8 Å². The Bertz CT molecular complexity index is 903. The molecule has 2 unspecified atom stereocenters. The van der Waals surface area contributed by atoms with Gasteiger partial charge in [0.05, 0.1) is 35.8 Å². The SMILES string of the molecule is C=CCCCCOC(=O)[C@@H]1[C@@H]2CCC3(S2)C(C(=O)N(CC=C)C2CCCCC2)N([C@@H](CO)C(C)C)C(=O)[C@H]13. The number of hydrogen-bond acceptors (Lipinski definition) is 6. The van der Waals surface area contributed by atoms with Gasteiger partial charge in [0.1, 0.15) is 6.04 Å². The van der Waals surface area contributed by atoms with Crippen LogP contribution in [0, 0.1) is 17.8 Å². The van der Waals surface area contributed by atoms with Crippen LogP contribution in [0.4, 0.5) is 0 Å². The van der Waals surface area contributed by atoms with Gasteiger partial charge in [-0.3, -0.25) is 14.4 Å². The summed E-state index contributed by atoms with van der Waals surface area (Å²) >= 11 is 1.67. The van der Waals surface area contributed by atoms with Gasteiger partial charge in [-0.25, -0.2) is 0 Å². The predicted octanol–water partition coefficient (Wildman–Crippen LogP) is 4.34. The van der Waals surface area contributed by atoms with Crippen LogP contribution in [0.5, 0.6) is 0 Å². The van der Waals surface area contributed by atoms with Crippen LogP contribution >= 0.6 is 11.8 Å². The highest BCUT2D eigenvalue weighted by Gasteiger charge is 2.75. The Kier molecular flexibility index (Phi) is 9.67. The van der Waals surface area contributed by atoms with Gasteiger partial charge in [0.15, 0.2) is 0 Å². The number of aliphatic hydroxyl groups excluding tert-OH is 1. The molecule has 1 spiro atoms. The summed E-state index contributed by atoms with van der Waals surface area (Å²) in [5.74, 6) is -1.69. The van der Waals surface area contributed by atoms with Crippen LogP contribution in [0.3, 0.4) is 0 Å². The van der Waals surface area contributed by atoms with E-state index in [2.05, 4.69) is 13.2 Å². The van der Waals surface area contributed by atoms with Crippen molar-refractivity contribution in [3.05, 3.63) is 25.3 Å². The van der Waals surface area contributed by atoms with Crippen LogP contribution in [0.15, 0.2) is 25.3 Å². The van der Waals surface area contributed by atoms with Crippen molar-refractivity contribution < 1.29 is 24.2 Å². The first-order chi connectivity index (χ1) is 18.3. The maximum Gasteiger partial charge on any atom is 0.310 e. The maximum atomic E-state index is 14.6. The van der Waals surface area contributed by atoms with Gasteiger partial charge in [0, 0.05) is 17.8 Å². The van der Waals surface area contributed by atoms with Crippen LogP contribution in [0.25, 0.3) is 0 Å². The molecule has 3 saturated heterocycles. The number of carbonyl (C=O) groups is 3. The molecule has 2 bridgehead atoms. The van der Waals surface area contributed by atoms with Crippen LogP contribution in [0.2, 0.25) is 0 Å². The quantitative estimate of drug-likeness (QED) is 0.210. The Labute approximate surface area is 232 Å². The second-order valence-electron chi connectivity index (χ2n) is 11.8. The predicted molar refractivity (Wildman–Crippen MR) is 150 cm³/mol. The number of thioether (sulfide) groups is 1. The molecule has 2 amide bonds. The summed E-state index contributed by atoms with van der Waals surface area (Å²) in [6, 6.07) is -1.04. The Morgan fingerprint density at radius 2 is 1.92 bits per heavy atom. The van der Waals surface area contributed by atoms with E-state index >= 15 is 0 Å². The monoisotopic (exact) mass is 546 g/mol. The summed E-state index contributed by atoms with van der Waals surface area (Å²) in [5, 5.41) is 10.4. The number of esters is 1. The number of fused-ring (bicyclic) bond motifs is 1. The zero-order chi connectivity index (χ0) is 27.4. The van der Waals surface area contributed by atoms with Crippen LogP contribution < -0.4 is 0 Å². The van der Waals surface area contributed by atoms with Crippen molar-refractivity contribution >= 4 is 29.5 Å². The lowest BCUT2D eigenvalue weighted by Crippen LogP contribution is -2.60. The number of likely N-dealkylation sites (tertiary alicyclic amines) is 1. The smallest absolute Gasteiger partial charge is 0.310 e. The molecule has 4 fully saturated rings. The van der Waals surface area contributed by atoms with Crippen molar-refractivity contribution in [2.45, 2.75) is 106 Å². The molecule has 1 N–H and O–H groups in total. The fourth-order valence-corrected chi connectivity index (χ4v) is 9.57. The molecular weight excluding hydrogens is 500 g/mol. The molecule has 0 radical (unpaired) electrons. The molecule has 3 heterocycles. The Balaban J connectivity index is 1.67. The lowest BCUT2D eigenvalue weighted by molar-refractivity contribution is -0.155. The van der Waals surface area contributed by atoms with Gasteiger partial charge in [0.2, 0.25) is 11.8 Å². The molecule has 7 nitrogen and oxygen atoms in total. The number of rotatable bonds is 13. The Morgan fingerprint density at radius 3 is 2.55 bits per heavy atom. The van der Waals surface area contributed by atoms with E-state index in [1.165, 1.54) is 6.42 Å². The molecule has 0 aromatic rings. The number of carbonyl (C=O) groups excluding carboxylic acids is 3. The zero-order valence-electron chi connectivity index (χ0n) is 23.2. The number of allylic oxidation sites excluding steroid dienone is 1. The molecule has 0 aromatic heterocycles. The second kappa shape index (κ2) is 12.6. The highest BCUT2D eigenvalue weighted by molar-refractivity contribution is 8.02. The van der Waals surface area contributed by atoms with E-state index in [0.717, 1.165) is 57.8 Å². The van der Waals surface area contributed by atoms with Crippen LogP contribution in [-0.4, -0.2) is 80.6 Å². The van der Waals surface area contributed by atoms with E-state index in [4.69, 9.17) is 4.74 Å². The first-order valence-corrected chi connectivity index (χ1v) is 15.5. The molecule has 38 heavy (non-hydrogen) atoms. The number of amides is 2. The minimum Gasteiger partial charge on any atom is -0.465 e. The molecule has 1 aliphatic carbocycles. The molecule has 0 aromatic carbocycles. The van der Waals surface area contributed by atoms with Crippen molar-refractivity contribution in [1.82, 2.24) is 9.80 Å². The fourth-order valence-electron chi connectivity index (χ4n) is 7.38. The number of unbranched alkanes of at least 4 members (excludes halogenated alkanes) is 2. The van der Waals surface area contributed by atoms with Crippen molar-refractivity contribution in [2.24, 2.45) is 17.8 Å². The van der Waals surface area contributed by atoms with Gasteiger partial charge < -0.3 is 19.6 Å². The average molecular weight is 547 g/mol. The summed E-state index contributed by atoms with van der Waals surface area (Å²) in [4.78, 5) is 45.9. The lowest BCUT2D eigenvalue weighted by atomic mass is 9.71. The largest absolute Gasteiger partial charge is 0.465 e. The third-order valence-corrected chi connectivity index (χ3v) is 11.2. The Morgan fingerprint density at radius 1 is 1.18 bits per heavy atom. The highest BCUT2D eigenvalue weighted by Crippen LogP contribution is 2.67. The topological polar surface area (TPSA) is 87.2 Å². The van der Waals surface area contributed by atoms with Gasteiger partial charge in [-0.1, -0.05) is 45.3 Å². The summed E-state index contributed by atoms with van der Waals surface area (Å²) in [6.07, 6.45) is 13.0. The third-order valence-electron chi connectivity index (χ3n) is 9.23. The minimum atomic E-state index is -0.693. The maximum absolute atomic E-state index is 14.6. The van der Waals surface area contributed by atoms with Gasteiger partial charge in [-0.15, -0.1) is 24.9 Å². The summed E-state index contributed by atoms with van der Waals surface area (Å²) in [7, 11) is 0. The molecule has 1 saturated carbocycles. The summed E-state index contributed by atoms with van der Waals surface area (Å²) < 4.78 is 5.04. The van der Waals surface area contributed by atoms with Crippen molar-refractivity contribution in [2.75, 3.05) is 19.8 Å². The number of ether oxygens (including phenoxy) is 1. The lowest BCUT2D eigenvalue weighted by Gasteiger charge is -2.43.